The Morgan fingerprint density at radius 3 is 2.85 bits per heavy atom. The minimum absolute atomic E-state index is 0.133. The monoisotopic (exact) mass is 428 g/mol. The van der Waals surface area contributed by atoms with Crippen LogP contribution in [0.25, 0.3) is 17.0 Å². The van der Waals surface area contributed by atoms with Gasteiger partial charge in [-0.25, -0.2) is 0 Å². The quantitative estimate of drug-likeness (QED) is 0.550. The molecule has 27 heavy (non-hydrogen) atoms. The van der Waals surface area contributed by atoms with E-state index in [1.807, 2.05) is 42.6 Å². The molecule has 3 aromatic rings. The van der Waals surface area contributed by atoms with E-state index in [9.17, 15) is 4.79 Å². The molecule has 140 valence electrons. The van der Waals surface area contributed by atoms with Gasteiger partial charge in [0.25, 0.3) is 0 Å². The number of fused-ring (bicyclic) bond motifs is 1. The maximum atomic E-state index is 12.1. The van der Waals surface area contributed by atoms with E-state index in [2.05, 4.69) is 26.2 Å². The first-order valence-corrected chi connectivity index (χ1v) is 9.34. The maximum Gasteiger partial charge on any atom is 0.244 e. The van der Waals surface area contributed by atoms with Crippen LogP contribution in [-0.4, -0.2) is 31.7 Å². The summed E-state index contributed by atoms with van der Waals surface area (Å²) >= 11 is 3.52. The molecule has 0 bridgehead atoms. The molecule has 0 spiro atoms. The third kappa shape index (κ3) is 4.52. The normalized spacial score (nSPS) is 11.1. The lowest BCUT2D eigenvalue weighted by molar-refractivity contribution is -0.116. The van der Waals surface area contributed by atoms with Gasteiger partial charge in [0, 0.05) is 34.2 Å². The fourth-order valence-corrected chi connectivity index (χ4v) is 3.32. The molecule has 0 aliphatic rings. The largest absolute Gasteiger partial charge is 0.497 e. The molecule has 0 aliphatic heterocycles. The van der Waals surface area contributed by atoms with Crippen molar-refractivity contribution < 1.29 is 14.3 Å². The van der Waals surface area contributed by atoms with E-state index < -0.39 is 0 Å². The summed E-state index contributed by atoms with van der Waals surface area (Å²) in [5.41, 5.74) is 2.94. The lowest BCUT2D eigenvalue weighted by atomic mass is 10.1. The highest BCUT2D eigenvalue weighted by molar-refractivity contribution is 9.10. The molecule has 3 rings (SSSR count). The lowest BCUT2D eigenvalue weighted by Crippen LogP contribution is -2.23. The number of hydrogen-bond donors (Lipinski definition) is 2. The first kappa shape index (κ1) is 19.0. The van der Waals surface area contributed by atoms with Gasteiger partial charge in [-0.15, -0.1) is 0 Å². The molecule has 0 unspecified atom stereocenters. The molecule has 0 atom stereocenters. The van der Waals surface area contributed by atoms with Crippen LogP contribution in [0, 0.1) is 0 Å². The van der Waals surface area contributed by atoms with E-state index in [0.29, 0.717) is 13.0 Å². The van der Waals surface area contributed by atoms with Crippen molar-refractivity contribution in [2.24, 2.45) is 0 Å². The molecule has 1 heterocycles. The smallest absolute Gasteiger partial charge is 0.244 e. The van der Waals surface area contributed by atoms with Crippen molar-refractivity contribution in [1.29, 1.82) is 0 Å². The van der Waals surface area contributed by atoms with Crippen molar-refractivity contribution in [2.45, 2.75) is 6.42 Å². The molecule has 2 aromatic carbocycles. The number of halogens is 1. The molecule has 2 N–H and O–H groups in total. The molecule has 0 aliphatic carbocycles. The average molecular weight is 429 g/mol. The summed E-state index contributed by atoms with van der Waals surface area (Å²) in [6.07, 6.45) is 5.92. The number of carbonyl (C=O) groups is 1. The molecule has 0 saturated carbocycles. The minimum atomic E-state index is -0.133. The Hall–Kier alpha value is -2.73. The molecular formula is C21H21BrN2O3. The Bertz CT molecular complexity index is 979. The van der Waals surface area contributed by atoms with Crippen LogP contribution >= 0.6 is 15.9 Å². The number of aromatic nitrogens is 1. The van der Waals surface area contributed by atoms with Crippen LogP contribution in [-0.2, 0) is 11.2 Å². The van der Waals surface area contributed by atoms with E-state index in [1.165, 1.54) is 0 Å². The summed E-state index contributed by atoms with van der Waals surface area (Å²) in [7, 11) is 3.28. The van der Waals surface area contributed by atoms with Gasteiger partial charge in [-0.2, -0.15) is 0 Å². The standard InChI is InChI=1S/C21H21BrN2O3/c1-26-16-7-8-18(22)14(12-16)10-11-23-20(25)9-6-15-13-24-21-17(15)4-3-5-19(21)27-2/h3-9,12-13,24H,10-11H2,1-2H3,(H,23,25)/b9-6+. The fourth-order valence-electron chi connectivity index (χ4n) is 2.87. The number of nitrogens with one attached hydrogen (secondary N) is 2. The first-order chi connectivity index (χ1) is 13.1. The zero-order valence-corrected chi connectivity index (χ0v) is 16.8. The molecular weight excluding hydrogens is 408 g/mol. The Labute approximate surface area is 166 Å². The highest BCUT2D eigenvalue weighted by atomic mass is 79.9. The number of para-hydroxylation sites is 1. The van der Waals surface area contributed by atoms with Crippen LogP contribution in [0.1, 0.15) is 11.1 Å². The topological polar surface area (TPSA) is 63.3 Å². The highest BCUT2D eigenvalue weighted by Gasteiger charge is 2.06. The average Bonchev–Trinajstić information content (AvgIpc) is 3.11. The predicted octanol–water partition coefficient (Wildman–Crippen LogP) is 4.32. The van der Waals surface area contributed by atoms with Gasteiger partial charge in [0.15, 0.2) is 0 Å². The number of carbonyl (C=O) groups excluding carboxylic acids is 1. The van der Waals surface area contributed by atoms with Crippen LogP contribution in [0.4, 0.5) is 0 Å². The number of aromatic amines is 1. The highest BCUT2D eigenvalue weighted by Crippen LogP contribution is 2.27. The number of hydrogen-bond acceptors (Lipinski definition) is 3. The van der Waals surface area contributed by atoms with Gasteiger partial charge in [-0.05, 0) is 42.3 Å². The van der Waals surface area contributed by atoms with Crippen LogP contribution in [0.5, 0.6) is 11.5 Å². The van der Waals surface area contributed by atoms with Crippen LogP contribution in [0.15, 0.2) is 53.1 Å². The van der Waals surface area contributed by atoms with Gasteiger partial charge in [-0.3, -0.25) is 4.79 Å². The van der Waals surface area contributed by atoms with Crippen molar-refractivity contribution in [1.82, 2.24) is 10.3 Å². The zero-order valence-electron chi connectivity index (χ0n) is 15.2. The van der Waals surface area contributed by atoms with Gasteiger partial charge in [0.05, 0.1) is 19.7 Å². The van der Waals surface area contributed by atoms with Crippen LogP contribution in [0.2, 0.25) is 0 Å². The lowest BCUT2D eigenvalue weighted by Gasteiger charge is -2.07. The van der Waals surface area contributed by atoms with Crippen LogP contribution in [0.3, 0.4) is 0 Å². The first-order valence-electron chi connectivity index (χ1n) is 8.55. The number of amides is 1. The summed E-state index contributed by atoms with van der Waals surface area (Å²) < 4.78 is 11.6. The number of methoxy groups -OCH3 is 2. The van der Waals surface area contributed by atoms with E-state index in [4.69, 9.17) is 9.47 Å². The molecule has 6 heteroatoms. The third-order valence-electron chi connectivity index (χ3n) is 4.29. The summed E-state index contributed by atoms with van der Waals surface area (Å²) in [5, 5.41) is 3.92. The number of rotatable bonds is 7. The summed E-state index contributed by atoms with van der Waals surface area (Å²) in [5.74, 6) is 1.45. The number of benzene rings is 2. The van der Waals surface area contributed by atoms with Crippen molar-refractivity contribution in [3.05, 3.63) is 64.3 Å². The third-order valence-corrected chi connectivity index (χ3v) is 5.06. The number of H-pyrrole nitrogens is 1. The van der Waals surface area contributed by atoms with Gasteiger partial charge in [0.2, 0.25) is 5.91 Å². The Morgan fingerprint density at radius 2 is 2.07 bits per heavy atom. The van der Waals surface area contributed by atoms with Gasteiger partial charge in [0.1, 0.15) is 11.5 Å². The minimum Gasteiger partial charge on any atom is -0.497 e. The van der Waals surface area contributed by atoms with Crippen molar-refractivity contribution in [3.8, 4) is 11.5 Å². The van der Waals surface area contributed by atoms with E-state index in [0.717, 1.165) is 38.0 Å². The molecule has 0 fully saturated rings. The molecule has 0 radical (unpaired) electrons. The SMILES string of the molecule is COc1ccc(Br)c(CCNC(=O)/C=C/c2c[nH]c3c(OC)cccc23)c1. The Balaban J connectivity index is 1.60. The van der Waals surface area contributed by atoms with Gasteiger partial charge in [-0.1, -0.05) is 28.1 Å². The number of ether oxygens (including phenoxy) is 2. The Morgan fingerprint density at radius 1 is 1.22 bits per heavy atom. The summed E-state index contributed by atoms with van der Waals surface area (Å²) in [6, 6.07) is 11.6. The second-order valence-corrected chi connectivity index (χ2v) is 6.81. The summed E-state index contributed by atoms with van der Waals surface area (Å²) in [4.78, 5) is 15.3. The predicted molar refractivity (Wildman–Crippen MR) is 111 cm³/mol. The van der Waals surface area contributed by atoms with E-state index in [1.54, 1.807) is 26.4 Å². The molecule has 1 aromatic heterocycles. The second kappa shape index (κ2) is 8.77. The molecule has 5 nitrogen and oxygen atoms in total. The summed E-state index contributed by atoms with van der Waals surface area (Å²) in [6.45, 7) is 0.538. The van der Waals surface area contributed by atoms with Crippen molar-refractivity contribution in [2.75, 3.05) is 20.8 Å². The maximum absolute atomic E-state index is 12.1. The van der Waals surface area contributed by atoms with Crippen molar-refractivity contribution >= 4 is 38.8 Å². The van der Waals surface area contributed by atoms with E-state index >= 15 is 0 Å². The van der Waals surface area contributed by atoms with Crippen LogP contribution < -0.4 is 14.8 Å². The van der Waals surface area contributed by atoms with Gasteiger partial charge >= 0.3 is 0 Å². The Kier molecular flexibility index (Phi) is 6.19. The zero-order chi connectivity index (χ0) is 19.2. The fraction of sp³-hybridized carbons (Fsp3) is 0.190. The van der Waals surface area contributed by atoms with E-state index in [-0.39, 0.29) is 5.91 Å². The van der Waals surface area contributed by atoms with Crippen molar-refractivity contribution in [3.63, 3.8) is 0 Å². The second-order valence-electron chi connectivity index (χ2n) is 5.96. The molecule has 0 saturated heterocycles. The molecule has 1 amide bonds. The van der Waals surface area contributed by atoms with Gasteiger partial charge < -0.3 is 19.8 Å².